The largest absolute Gasteiger partial charge is 0.362 e. The molecule has 0 aromatic heterocycles. The first-order valence-corrected chi connectivity index (χ1v) is 4.36. The zero-order valence-electron chi connectivity index (χ0n) is 5.93. The van der Waals surface area contributed by atoms with Gasteiger partial charge < -0.3 is 10.6 Å². The first-order valence-electron chi connectivity index (χ1n) is 2.73. The van der Waals surface area contributed by atoms with Crippen LogP contribution in [0.3, 0.4) is 0 Å². The molecule has 0 aliphatic rings. The maximum atomic E-state index is 10.6. The molecule has 0 aromatic carbocycles. The number of carbonyl (C=O) groups excluding carboxylic acids is 1. The van der Waals surface area contributed by atoms with Gasteiger partial charge in [-0.25, -0.2) is 0 Å². The summed E-state index contributed by atoms with van der Waals surface area (Å²) in [4.78, 5) is 10.6. The van der Waals surface area contributed by atoms with E-state index in [1.807, 2.05) is 6.26 Å². The Kier molecular flexibility index (Phi) is 5.33. The van der Waals surface area contributed by atoms with Crippen molar-refractivity contribution in [2.45, 2.75) is 0 Å². The summed E-state index contributed by atoms with van der Waals surface area (Å²) in [6.07, 6.45) is 1.86. The molecule has 5 heteroatoms. The van der Waals surface area contributed by atoms with Crippen molar-refractivity contribution in [3.8, 4) is 0 Å². The Bertz CT molecular complexity index is 122. The second-order valence-electron chi connectivity index (χ2n) is 1.52. The molecule has 3 nitrogen and oxygen atoms in total. The van der Waals surface area contributed by atoms with Crippen molar-refractivity contribution in [1.29, 1.82) is 0 Å². The molecule has 0 unspecified atom stereocenters. The van der Waals surface area contributed by atoms with Gasteiger partial charge in [-0.2, -0.15) is 0 Å². The van der Waals surface area contributed by atoms with Gasteiger partial charge in [0.25, 0.3) is 0 Å². The molecule has 58 valence electrons. The molecule has 0 aliphatic carbocycles. The number of likely N-dealkylation sites (N-methyl/N-ethyl adjacent to an activating group) is 1. The van der Waals surface area contributed by atoms with Crippen molar-refractivity contribution in [1.82, 2.24) is 10.6 Å². The van der Waals surface area contributed by atoms with E-state index in [4.69, 9.17) is 12.2 Å². The summed E-state index contributed by atoms with van der Waals surface area (Å²) in [7, 11) is 1.59. The molecule has 0 atom stereocenters. The fraction of sp³-hybridized carbons (Fsp3) is 0.600. The molecule has 0 aromatic rings. The number of hydrogen-bond acceptors (Lipinski definition) is 3. The van der Waals surface area contributed by atoms with Crippen molar-refractivity contribution >= 4 is 34.2 Å². The average molecular weight is 178 g/mol. The maximum absolute atomic E-state index is 10.6. The number of hydrogen-bond donors (Lipinski definition) is 2. The number of thiocarbonyl (C=S) groups is 1. The third-order valence-corrected chi connectivity index (χ3v) is 2.02. The maximum Gasteiger partial charge on any atom is 0.239 e. The van der Waals surface area contributed by atoms with E-state index in [1.54, 1.807) is 7.05 Å². The highest BCUT2D eigenvalue weighted by molar-refractivity contribution is 8.22. The van der Waals surface area contributed by atoms with Crippen molar-refractivity contribution in [3.05, 3.63) is 0 Å². The van der Waals surface area contributed by atoms with E-state index in [1.165, 1.54) is 11.8 Å². The Morgan fingerprint density at radius 3 is 2.70 bits per heavy atom. The Labute approximate surface area is 69.9 Å². The van der Waals surface area contributed by atoms with Gasteiger partial charge in [0.15, 0.2) is 0 Å². The summed E-state index contributed by atoms with van der Waals surface area (Å²) in [5, 5.41) is 5.24. The highest BCUT2D eigenvalue weighted by Gasteiger charge is 1.96. The first kappa shape index (κ1) is 9.71. The van der Waals surface area contributed by atoms with Gasteiger partial charge in [-0.3, -0.25) is 4.79 Å². The van der Waals surface area contributed by atoms with Crippen LogP contribution in [0.4, 0.5) is 0 Å². The zero-order valence-corrected chi connectivity index (χ0v) is 7.56. The summed E-state index contributed by atoms with van der Waals surface area (Å²) in [5.74, 6) is -0.0589. The molecule has 0 bridgehead atoms. The Morgan fingerprint density at radius 2 is 2.30 bits per heavy atom. The number of rotatable bonds is 2. The highest BCUT2D eigenvalue weighted by Crippen LogP contribution is 1.91. The predicted molar refractivity (Wildman–Crippen MR) is 48.2 cm³/mol. The molecule has 0 spiro atoms. The number of carbonyl (C=O) groups is 1. The van der Waals surface area contributed by atoms with Crippen LogP contribution in [0.5, 0.6) is 0 Å². The molecule has 0 heterocycles. The number of nitrogens with one attached hydrogen (secondary N) is 2. The van der Waals surface area contributed by atoms with Crippen LogP contribution >= 0.6 is 24.0 Å². The van der Waals surface area contributed by atoms with Gasteiger partial charge in [-0.1, -0.05) is 12.2 Å². The average Bonchev–Trinajstić information content (AvgIpc) is 1.99. The smallest absolute Gasteiger partial charge is 0.239 e. The molecule has 1 amide bonds. The molecule has 0 saturated heterocycles. The lowest BCUT2D eigenvalue weighted by molar-refractivity contribution is -0.119. The third-order valence-electron chi connectivity index (χ3n) is 0.858. The van der Waals surface area contributed by atoms with E-state index in [0.717, 1.165) is 0 Å². The van der Waals surface area contributed by atoms with Gasteiger partial charge in [0, 0.05) is 7.05 Å². The standard InChI is InChI=1S/C5H10N2OS2/c1-6-4(8)3-7-5(9)10-2/h3H2,1-2H3,(H,6,8)(H,7,9). The Morgan fingerprint density at radius 1 is 1.70 bits per heavy atom. The molecule has 2 N–H and O–H groups in total. The van der Waals surface area contributed by atoms with Gasteiger partial charge >= 0.3 is 0 Å². The van der Waals surface area contributed by atoms with Crippen LogP contribution in [0.1, 0.15) is 0 Å². The summed E-state index contributed by atoms with van der Waals surface area (Å²) < 4.78 is 0.642. The lowest BCUT2D eigenvalue weighted by Crippen LogP contribution is -2.32. The van der Waals surface area contributed by atoms with Crippen LogP contribution in [-0.4, -0.2) is 30.1 Å². The lowest BCUT2D eigenvalue weighted by Gasteiger charge is -2.02. The summed E-state index contributed by atoms with van der Waals surface area (Å²) in [6, 6.07) is 0. The molecular weight excluding hydrogens is 168 g/mol. The highest BCUT2D eigenvalue weighted by atomic mass is 32.2. The minimum Gasteiger partial charge on any atom is -0.362 e. The molecule has 0 saturated carbocycles. The van der Waals surface area contributed by atoms with Crippen molar-refractivity contribution < 1.29 is 4.79 Å². The second-order valence-corrected chi connectivity index (χ2v) is 3.00. The molecular formula is C5H10N2OS2. The van der Waals surface area contributed by atoms with E-state index in [-0.39, 0.29) is 12.5 Å². The quantitative estimate of drug-likeness (QED) is 0.583. The van der Waals surface area contributed by atoms with Crippen molar-refractivity contribution in [2.24, 2.45) is 0 Å². The van der Waals surface area contributed by atoms with Gasteiger partial charge in [0.1, 0.15) is 4.32 Å². The topological polar surface area (TPSA) is 41.1 Å². The van der Waals surface area contributed by atoms with Crippen LogP contribution < -0.4 is 10.6 Å². The van der Waals surface area contributed by atoms with Crippen LogP contribution in [0.15, 0.2) is 0 Å². The molecule has 0 radical (unpaired) electrons. The third kappa shape index (κ3) is 4.58. The van der Waals surface area contributed by atoms with Gasteiger partial charge in [-0.15, -0.1) is 11.8 Å². The van der Waals surface area contributed by atoms with E-state index in [2.05, 4.69) is 10.6 Å². The molecule has 0 aliphatic heterocycles. The van der Waals surface area contributed by atoms with Crippen molar-refractivity contribution in [2.75, 3.05) is 19.8 Å². The fourth-order valence-corrected chi connectivity index (χ4v) is 0.602. The SMILES string of the molecule is CNC(=O)CNC(=S)SC. The van der Waals surface area contributed by atoms with Crippen LogP contribution in [0, 0.1) is 0 Å². The predicted octanol–water partition coefficient (Wildman–Crippen LogP) is -0.0301. The summed E-state index contributed by atoms with van der Waals surface area (Å²) >= 11 is 6.21. The zero-order chi connectivity index (χ0) is 7.98. The van der Waals surface area contributed by atoms with Crippen LogP contribution in [0.25, 0.3) is 0 Å². The summed E-state index contributed by atoms with van der Waals surface area (Å²) in [5.41, 5.74) is 0. The molecule has 0 rings (SSSR count). The minimum absolute atomic E-state index is 0.0589. The van der Waals surface area contributed by atoms with Crippen LogP contribution in [0.2, 0.25) is 0 Å². The number of thioether (sulfide) groups is 1. The molecule has 10 heavy (non-hydrogen) atoms. The van der Waals surface area contributed by atoms with Gasteiger partial charge in [0.05, 0.1) is 6.54 Å². The number of amides is 1. The normalized spacial score (nSPS) is 8.60. The van der Waals surface area contributed by atoms with Crippen molar-refractivity contribution in [3.63, 3.8) is 0 Å². The van der Waals surface area contributed by atoms with E-state index in [9.17, 15) is 4.79 Å². The lowest BCUT2D eigenvalue weighted by atomic mass is 10.6. The Balaban J connectivity index is 3.35. The van der Waals surface area contributed by atoms with Gasteiger partial charge in [-0.05, 0) is 6.26 Å². The van der Waals surface area contributed by atoms with E-state index >= 15 is 0 Å². The Hall–Kier alpha value is -0.290. The second kappa shape index (κ2) is 5.49. The van der Waals surface area contributed by atoms with E-state index in [0.29, 0.717) is 4.32 Å². The minimum atomic E-state index is -0.0589. The summed E-state index contributed by atoms with van der Waals surface area (Å²) in [6.45, 7) is 0.260. The fourth-order valence-electron chi connectivity index (χ4n) is 0.313. The van der Waals surface area contributed by atoms with E-state index < -0.39 is 0 Å². The monoisotopic (exact) mass is 178 g/mol. The molecule has 0 fully saturated rings. The van der Waals surface area contributed by atoms with Crippen LogP contribution in [-0.2, 0) is 4.79 Å². The van der Waals surface area contributed by atoms with Gasteiger partial charge in [0.2, 0.25) is 5.91 Å². The first-order chi connectivity index (χ1) is 4.70.